The van der Waals surface area contributed by atoms with Gasteiger partial charge in [0.05, 0.1) is 11.0 Å². The largest absolute Gasteiger partial charge is 0.342 e. The second-order valence-corrected chi connectivity index (χ2v) is 7.71. The lowest BCUT2D eigenvalue weighted by molar-refractivity contribution is -0.133. The zero-order valence-corrected chi connectivity index (χ0v) is 15.1. The number of halogens is 1. The van der Waals surface area contributed by atoms with Crippen molar-refractivity contribution in [2.45, 2.75) is 31.1 Å². The van der Waals surface area contributed by atoms with Crippen LogP contribution in [0.5, 0.6) is 0 Å². The molecule has 1 amide bonds. The summed E-state index contributed by atoms with van der Waals surface area (Å²) in [5.74, 6) is 1.38. The van der Waals surface area contributed by atoms with Gasteiger partial charge >= 0.3 is 0 Å². The number of nitrogens with zero attached hydrogens (tertiary/aromatic N) is 2. The maximum absolute atomic E-state index is 14.0. The number of nitrogens with one attached hydrogen (secondary N) is 1. The van der Waals surface area contributed by atoms with E-state index in [1.807, 2.05) is 35.2 Å². The number of aromatic amines is 1. The van der Waals surface area contributed by atoms with Crippen molar-refractivity contribution in [3.05, 3.63) is 65.7 Å². The third kappa shape index (κ3) is 3.01. The van der Waals surface area contributed by atoms with E-state index in [4.69, 9.17) is 4.98 Å². The number of aromatic nitrogens is 2. The highest BCUT2D eigenvalue weighted by atomic mass is 19.1. The summed E-state index contributed by atoms with van der Waals surface area (Å²) in [6.45, 7) is 1.50. The highest BCUT2D eigenvalue weighted by molar-refractivity contribution is 5.83. The number of carbonyl (C=O) groups excluding carboxylic acids is 1. The van der Waals surface area contributed by atoms with E-state index in [1.54, 1.807) is 12.1 Å². The molecule has 1 aliphatic heterocycles. The molecule has 5 heteroatoms. The van der Waals surface area contributed by atoms with Crippen LogP contribution in [-0.4, -0.2) is 33.9 Å². The standard InChI is InChI=1S/C22H22FN3O/c23-18-6-2-1-5-15(18)16-13-17(16)22(27)26-11-9-14(10-12-26)21-24-19-7-3-4-8-20(19)25-21/h1-8,14,16-17H,9-13H2,(H,24,25). The van der Waals surface area contributed by atoms with E-state index in [2.05, 4.69) is 4.98 Å². The van der Waals surface area contributed by atoms with Crippen molar-refractivity contribution in [3.8, 4) is 0 Å². The summed E-state index contributed by atoms with van der Waals surface area (Å²) in [6.07, 6.45) is 2.61. The fraction of sp³-hybridized carbons (Fsp3) is 0.364. The minimum Gasteiger partial charge on any atom is -0.342 e. The molecule has 138 valence electrons. The van der Waals surface area contributed by atoms with Crippen LogP contribution in [0.4, 0.5) is 4.39 Å². The highest BCUT2D eigenvalue weighted by Gasteiger charge is 2.47. The van der Waals surface area contributed by atoms with Crippen LogP contribution in [0.1, 0.15) is 42.5 Å². The molecule has 0 spiro atoms. The molecule has 5 rings (SSSR count). The summed E-state index contributed by atoms with van der Waals surface area (Å²) in [6, 6.07) is 14.9. The average molecular weight is 363 g/mol. The molecule has 27 heavy (non-hydrogen) atoms. The Balaban J connectivity index is 1.22. The molecule has 2 aliphatic rings. The van der Waals surface area contributed by atoms with Gasteiger partial charge < -0.3 is 9.88 Å². The molecule has 0 radical (unpaired) electrons. The van der Waals surface area contributed by atoms with Crippen LogP contribution in [-0.2, 0) is 4.79 Å². The van der Waals surface area contributed by atoms with Crippen molar-refractivity contribution < 1.29 is 9.18 Å². The molecule has 3 aromatic rings. The van der Waals surface area contributed by atoms with Crippen molar-refractivity contribution in [1.29, 1.82) is 0 Å². The van der Waals surface area contributed by atoms with E-state index >= 15 is 0 Å². The number of para-hydroxylation sites is 2. The van der Waals surface area contributed by atoms with Crippen LogP contribution in [0.3, 0.4) is 0 Å². The van der Waals surface area contributed by atoms with Gasteiger partial charge in [0, 0.05) is 24.9 Å². The van der Waals surface area contributed by atoms with Crippen molar-refractivity contribution in [1.82, 2.24) is 14.9 Å². The highest BCUT2D eigenvalue weighted by Crippen LogP contribution is 2.49. The van der Waals surface area contributed by atoms with Gasteiger partial charge in [-0.1, -0.05) is 30.3 Å². The number of benzene rings is 2. The Kier molecular flexibility index (Phi) is 3.96. The topological polar surface area (TPSA) is 49.0 Å². The van der Waals surface area contributed by atoms with Gasteiger partial charge in [0.1, 0.15) is 11.6 Å². The molecular weight excluding hydrogens is 341 g/mol. The quantitative estimate of drug-likeness (QED) is 0.758. The van der Waals surface area contributed by atoms with E-state index < -0.39 is 0 Å². The van der Waals surface area contributed by atoms with Gasteiger partial charge in [0.2, 0.25) is 5.91 Å². The Bertz CT molecular complexity index is 957. The van der Waals surface area contributed by atoms with Gasteiger partial charge in [-0.3, -0.25) is 4.79 Å². The van der Waals surface area contributed by atoms with Crippen LogP contribution < -0.4 is 0 Å². The maximum atomic E-state index is 14.0. The Hall–Kier alpha value is -2.69. The number of carbonyl (C=O) groups is 1. The van der Waals surface area contributed by atoms with Gasteiger partial charge in [0.15, 0.2) is 0 Å². The smallest absolute Gasteiger partial charge is 0.226 e. The summed E-state index contributed by atoms with van der Waals surface area (Å²) >= 11 is 0. The van der Waals surface area contributed by atoms with Crippen LogP contribution >= 0.6 is 0 Å². The van der Waals surface area contributed by atoms with E-state index in [-0.39, 0.29) is 23.6 Å². The van der Waals surface area contributed by atoms with Crippen molar-refractivity contribution in [2.75, 3.05) is 13.1 Å². The number of hydrogen-bond donors (Lipinski definition) is 1. The fourth-order valence-corrected chi connectivity index (χ4v) is 4.36. The van der Waals surface area contributed by atoms with E-state index in [0.29, 0.717) is 11.5 Å². The minimum absolute atomic E-state index is 0.0480. The summed E-state index contributed by atoms with van der Waals surface area (Å²) in [4.78, 5) is 22.9. The predicted octanol–water partition coefficient (Wildman–Crippen LogP) is 4.21. The molecule has 2 unspecified atom stereocenters. The third-order valence-corrected chi connectivity index (χ3v) is 6.01. The lowest BCUT2D eigenvalue weighted by Gasteiger charge is -2.31. The first kappa shape index (κ1) is 16.5. The molecule has 1 aliphatic carbocycles. The molecule has 2 heterocycles. The number of piperidine rings is 1. The molecule has 0 bridgehead atoms. The van der Waals surface area contributed by atoms with Gasteiger partial charge in [-0.15, -0.1) is 0 Å². The number of rotatable bonds is 3. The first-order valence-corrected chi connectivity index (χ1v) is 9.68. The first-order chi connectivity index (χ1) is 13.2. The Morgan fingerprint density at radius 1 is 1.07 bits per heavy atom. The van der Waals surface area contributed by atoms with Crippen LogP contribution in [0, 0.1) is 11.7 Å². The van der Waals surface area contributed by atoms with Crippen LogP contribution in [0.15, 0.2) is 48.5 Å². The van der Waals surface area contributed by atoms with E-state index in [1.165, 1.54) is 6.07 Å². The molecule has 2 fully saturated rings. The second kappa shape index (κ2) is 6.48. The van der Waals surface area contributed by atoms with Gasteiger partial charge in [0.25, 0.3) is 0 Å². The third-order valence-electron chi connectivity index (χ3n) is 6.01. The van der Waals surface area contributed by atoms with Crippen LogP contribution in [0.2, 0.25) is 0 Å². The predicted molar refractivity (Wildman–Crippen MR) is 102 cm³/mol. The number of H-pyrrole nitrogens is 1. The van der Waals surface area contributed by atoms with E-state index in [0.717, 1.165) is 49.2 Å². The monoisotopic (exact) mass is 363 g/mol. The second-order valence-electron chi connectivity index (χ2n) is 7.71. The molecule has 1 saturated carbocycles. The van der Waals surface area contributed by atoms with Gasteiger partial charge in [-0.05, 0) is 48.9 Å². The summed E-state index contributed by atoms with van der Waals surface area (Å²) in [5.41, 5.74) is 2.75. The SMILES string of the molecule is O=C(C1CC1c1ccccc1F)N1CCC(c2nc3ccccc3[nH]2)CC1. The van der Waals surface area contributed by atoms with Crippen molar-refractivity contribution in [3.63, 3.8) is 0 Å². The zero-order valence-electron chi connectivity index (χ0n) is 15.1. The number of hydrogen-bond acceptors (Lipinski definition) is 2. The molecule has 1 aromatic heterocycles. The average Bonchev–Trinajstić information content (AvgIpc) is 3.37. The lowest BCUT2D eigenvalue weighted by atomic mass is 9.95. The summed E-state index contributed by atoms with van der Waals surface area (Å²) < 4.78 is 14.0. The zero-order chi connectivity index (χ0) is 18.4. The summed E-state index contributed by atoms with van der Waals surface area (Å²) in [7, 11) is 0. The first-order valence-electron chi connectivity index (χ1n) is 9.68. The molecule has 1 saturated heterocycles. The molecular formula is C22H22FN3O. The Morgan fingerprint density at radius 2 is 1.81 bits per heavy atom. The number of fused-ring (bicyclic) bond motifs is 1. The maximum Gasteiger partial charge on any atom is 0.226 e. The molecule has 2 aromatic carbocycles. The number of imidazole rings is 1. The fourth-order valence-electron chi connectivity index (χ4n) is 4.36. The lowest BCUT2D eigenvalue weighted by Crippen LogP contribution is -2.39. The Morgan fingerprint density at radius 3 is 2.59 bits per heavy atom. The molecule has 2 atom stereocenters. The van der Waals surface area contributed by atoms with Crippen molar-refractivity contribution in [2.24, 2.45) is 5.92 Å². The van der Waals surface area contributed by atoms with Crippen molar-refractivity contribution >= 4 is 16.9 Å². The molecule has 1 N–H and O–H groups in total. The van der Waals surface area contributed by atoms with Gasteiger partial charge in [-0.2, -0.15) is 0 Å². The van der Waals surface area contributed by atoms with E-state index in [9.17, 15) is 9.18 Å². The number of likely N-dealkylation sites (tertiary alicyclic amines) is 1. The van der Waals surface area contributed by atoms with Gasteiger partial charge in [-0.25, -0.2) is 9.37 Å². The Labute approximate surface area is 157 Å². The molecule has 4 nitrogen and oxygen atoms in total. The normalized spacial score (nSPS) is 22.9. The minimum atomic E-state index is -0.193. The number of amides is 1. The summed E-state index contributed by atoms with van der Waals surface area (Å²) in [5, 5.41) is 0. The van der Waals surface area contributed by atoms with Crippen LogP contribution in [0.25, 0.3) is 11.0 Å².